The summed E-state index contributed by atoms with van der Waals surface area (Å²) in [5.74, 6) is -0.771. The van der Waals surface area contributed by atoms with Crippen molar-refractivity contribution in [3.05, 3.63) is 29.8 Å². The van der Waals surface area contributed by atoms with E-state index in [-0.39, 0.29) is 5.92 Å². The maximum absolute atomic E-state index is 11.0. The van der Waals surface area contributed by atoms with Gasteiger partial charge in [0.25, 0.3) is 0 Å². The van der Waals surface area contributed by atoms with Crippen molar-refractivity contribution in [1.82, 2.24) is 4.90 Å². The Morgan fingerprint density at radius 1 is 1.09 bits per heavy atom. The van der Waals surface area contributed by atoms with Crippen LogP contribution in [-0.2, 0) is 11.2 Å². The average Bonchev–Trinajstić information content (AvgIpc) is 3.08. The molecule has 126 valence electrons. The molecule has 2 aliphatic rings. The molecule has 1 aromatic carbocycles. The van der Waals surface area contributed by atoms with Crippen LogP contribution in [0.5, 0.6) is 0 Å². The molecule has 2 fully saturated rings. The Balaban J connectivity index is 1.43. The van der Waals surface area contributed by atoms with Gasteiger partial charge in [0.15, 0.2) is 0 Å². The number of hydrogen-bond donors (Lipinski definition) is 2. The third-order valence-electron chi connectivity index (χ3n) is 5.32. The summed E-state index contributed by atoms with van der Waals surface area (Å²) in [4.78, 5) is 13.5. The van der Waals surface area contributed by atoms with Crippen LogP contribution in [0.2, 0.25) is 0 Å². The van der Waals surface area contributed by atoms with Crippen LogP contribution in [0.25, 0.3) is 0 Å². The van der Waals surface area contributed by atoms with Gasteiger partial charge in [-0.25, -0.2) is 0 Å². The molecule has 23 heavy (non-hydrogen) atoms. The van der Waals surface area contributed by atoms with Gasteiger partial charge in [-0.2, -0.15) is 0 Å². The first-order valence-corrected chi connectivity index (χ1v) is 9.01. The van der Waals surface area contributed by atoms with Gasteiger partial charge in [-0.15, -0.1) is 0 Å². The largest absolute Gasteiger partial charge is 0.481 e. The summed E-state index contributed by atoms with van der Waals surface area (Å²) in [5.41, 5.74) is 2.56. The average molecular weight is 316 g/mol. The molecule has 0 amide bonds. The van der Waals surface area contributed by atoms with Gasteiger partial charge < -0.3 is 15.3 Å². The van der Waals surface area contributed by atoms with Crippen molar-refractivity contribution in [1.29, 1.82) is 0 Å². The van der Waals surface area contributed by atoms with Crippen molar-refractivity contribution in [2.24, 2.45) is 5.92 Å². The van der Waals surface area contributed by atoms with Crippen LogP contribution in [0.15, 0.2) is 24.3 Å². The first-order chi connectivity index (χ1) is 11.2. The van der Waals surface area contributed by atoms with E-state index in [2.05, 4.69) is 34.5 Å². The maximum atomic E-state index is 11.0. The summed E-state index contributed by atoms with van der Waals surface area (Å²) in [7, 11) is 0. The zero-order valence-electron chi connectivity index (χ0n) is 13.8. The van der Waals surface area contributed by atoms with Crippen molar-refractivity contribution in [3.8, 4) is 0 Å². The zero-order valence-corrected chi connectivity index (χ0v) is 13.8. The Kier molecular flexibility index (Phi) is 5.55. The minimum absolute atomic E-state index is 0.138. The molecule has 1 saturated heterocycles. The van der Waals surface area contributed by atoms with Gasteiger partial charge in [-0.3, -0.25) is 4.79 Å². The Morgan fingerprint density at radius 3 is 2.35 bits per heavy atom. The number of likely N-dealkylation sites (tertiary alicyclic amines) is 1. The SMILES string of the molecule is O=C(O)C1CCC(Nc2ccc(CCN3CCCC3)cc2)CC1. The van der Waals surface area contributed by atoms with Crippen LogP contribution in [0.3, 0.4) is 0 Å². The summed E-state index contributed by atoms with van der Waals surface area (Å²) in [6, 6.07) is 9.20. The fourth-order valence-corrected chi connectivity index (χ4v) is 3.78. The second-order valence-electron chi connectivity index (χ2n) is 7.03. The minimum atomic E-state index is -0.634. The lowest BCUT2D eigenvalue weighted by atomic mass is 9.86. The Bertz CT molecular complexity index is 501. The van der Waals surface area contributed by atoms with Crippen LogP contribution < -0.4 is 5.32 Å². The van der Waals surface area contributed by atoms with Crippen molar-refractivity contribution in [2.75, 3.05) is 25.0 Å². The van der Waals surface area contributed by atoms with E-state index >= 15 is 0 Å². The van der Waals surface area contributed by atoms with Crippen LogP contribution in [0.1, 0.15) is 44.1 Å². The predicted octanol–water partition coefficient (Wildman–Crippen LogP) is 3.38. The second kappa shape index (κ2) is 7.82. The summed E-state index contributed by atoms with van der Waals surface area (Å²) >= 11 is 0. The van der Waals surface area contributed by atoms with Crippen molar-refractivity contribution < 1.29 is 9.90 Å². The van der Waals surface area contributed by atoms with E-state index in [0.717, 1.165) is 37.8 Å². The molecule has 0 spiro atoms. The third-order valence-corrected chi connectivity index (χ3v) is 5.32. The van der Waals surface area contributed by atoms with E-state index in [1.807, 2.05) is 0 Å². The summed E-state index contributed by atoms with van der Waals surface area (Å²) in [5, 5.41) is 12.6. The molecule has 1 aliphatic carbocycles. The lowest BCUT2D eigenvalue weighted by Crippen LogP contribution is -2.29. The smallest absolute Gasteiger partial charge is 0.306 e. The molecule has 1 aliphatic heterocycles. The Morgan fingerprint density at radius 2 is 1.74 bits per heavy atom. The fraction of sp³-hybridized carbons (Fsp3) is 0.632. The molecule has 4 nitrogen and oxygen atoms in total. The van der Waals surface area contributed by atoms with Gasteiger partial charge in [-0.05, 0) is 75.7 Å². The number of hydrogen-bond acceptors (Lipinski definition) is 3. The number of benzene rings is 1. The van der Waals surface area contributed by atoms with E-state index in [1.54, 1.807) is 0 Å². The highest BCUT2D eigenvalue weighted by Gasteiger charge is 2.25. The highest BCUT2D eigenvalue weighted by atomic mass is 16.4. The lowest BCUT2D eigenvalue weighted by Gasteiger charge is -2.27. The highest BCUT2D eigenvalue weighted by molar-refractivity contribution is 5.70. The standard InChI is InChI=1S/C19H28N2O2/c22-19(23)16-5-9-18(10-6-16)20-17-7-3-15(4-8-17)11-14-21-12-1-2-13-21/h3-4,7-8,16,18,20H,1-2,5-6,9-14H2,(H,22,23). The molecule has 1 aromatic rings. The maximum Gasteiger partial charge on any atom is 0.306 e. The van der Waals surface area contributed by atoms with Crippen LogP contribution in [-0.4, -0.2) is 41.7 Å². The van der Waals surface area contributed by atoms with E-state index in [1.165, 1.54) is 38.0 Å². The van der Waals surface area contributed by atoms with E-state index in [9.17, 15) is 4.79 Å². The molecule has 0 unspecified atom stereocenters. The van der Waals surface area contributed by atoms with Gasteiger partial charge in [-0.1, -0.05) is 12.1 Å². The Labute approximate surface area is 138 Å². The highest BCUT2D eigenvalue weighted by Crippen LogP contribution is 2.27. The van der Waals surface area contributed by atoms with E-state index in [0.29, 0.717) is 6.04 Å². The molecular formula is C19H28N2O2. The van der Waals surface area contributed by atoms with Crippen LogP contribution >= 0.6 is 0 Å². The van der Waals surface area contributed by atoms with Crippen LogP contribution in [0, 0.1) is 5.92 Å². The number of anilines is 1. The quantitative estimate of drug-likeness (QED) is 0.845. The van der Waals surface area contributed by atoms with Gasteiger partial charge >= 0.3 is 5.97 Å². The number of aliphatic carboxylic acids is 1. The van der Waals surface area contributed by atoms with Gasteiger partial charge in [0.1, 0.15) is 0 Å². The second-order valence-corrected chi connectivity index (χ2v) is 7.03. The number of carbonyl (C=O) groups is 1. The first-order valence-electron chi connectivity index (χ1n) is 9.01. The molecule has 0 atom stereocenters. The Hall–Kier alpha value is -1.55. The van der Waals surface area contributed by atoms with Gasteiger partial charge in [0.05, 0.1) is 5.92 Å². The number of rotatable bonds is 6. The summed E-state index contributed by atoms with van der Waals surface area (Å²) < 4.78 is 0. The number of carboxylic acid groups (broad SMARTS) is 1. The van der Waals surface area contributed by atoms with Crippen LogP contribution in [0.4, 0.5) is 5.69 Å². The number of nitrogens with one attached hydrogen (secondary N) is 1. The van der Waals surface area contributed by atoms with Gasteiger partial charge in [0, 0.05) is 18.3 Å². The normalized spacial score (nSPS) is 25.4. The molecule has 0 aromatic heterocycles. The molecule has 4 heteroatoms. The number of nitrogens with zero attached hydrogens (tertiary/aromatic N) is 1. The van der Waals surface area contributed by atoms with E-state index in [4.69, 9.17) is 5.11 Å². The fourth-order valence-electron chi connectivity index (χ4n) is 3.78. The molecule has 0 radical (unpaired) electrons. The molecule has 2 N–H and O–H groups in total. The molecule has 3 rings (SSSR count). The molecule has 1 saturated carbocycles. The van der Waals surface area contributed by atoms with Crippen molar-refractivity contribution in [3.63, 3.8) is 0 Å². The topological polar surface area (TPSA) is 52.6 Å². The van der Waals surface area contributed by atoms with Crippen molar-refractivity contribution in [2.45, 2.75) is 51.0 Å². The summed E-state index contributed by atoms with van der Waals surface area (Å²) in [6.07, 6.45) is 7.33. The molecule has 0 bridgehead atoms. The van der Waals surface area contributed by atoms with Gasteiger partial charge in [0.2, 0.25) is 0 Å². The molecule has 1 heterocycles. The third kappa shape index (κ3) is 4.71. The summed E-state index contributed by atoms with van der Waals surface area (Å²) in [6.45, 7) is 3.70. The predicted molar refractivity (Wildman–Crippen MR) is 92.8 cm³/mol. The number of carboxylic acids is 1. The lowest BCUT2D eigenvalue weighted by molar-refractivity contribution is -0.142. The molecular weight excluding hydrogens is 288 g/mol. The van der Waals surface area contributed by atoms with Crippen molar-refractivity contribution >= 4 is 11.7 Å². The zero-order chi connectivity index (χ0) is 16.1. The monoisotopic (exact) mass is 316 g/mol. The first kappa shape index (κ1) is 16.3. The minimum Gasteiger partial charge on any atom is -0.481 e. The van der Waals surface area contributed by atoms with E-state index < -0.39 is 5.97 Å².